The van der Waals surface area contributed by atoms with E-state index in [9.17, 15) is 4.79 Å². The molecule has 186 valence electrons. The Kier molecular flexibility index (Phi) is 8.76. The van der Waals surface area contributed by atoms with Crippen molar-refractivity contribution in [2.45, 2.75) is 52.9 Å². The van der Waals surface area contributed by atoms with Crippen LogP contribution in [0.5, 0.6) is 0 Å². The number of hydrogen-bond acceptors (Lipinski definition) is 1. The molecule has 0 bridgehead atoms. The summed E-state index contributed by atoms with van der Waals surface area (Å²) in [6.07, 6.45) is 6.58. The summed E-state index contributed by atoms with van der Waals surface area (Å²) in [6, 6.07) is 33.7. The van der Waals surface area contributed by atoms with Crippen LogP contribution in [0.2, 0.25) is 0 Å². The number of fused-ring (bicyclic) bond motifs is 1. The molecule has 1 nitrogen and oxygen atoms in total. The van der Waals surface area contributed by atoms with Crippen LogP contribution in [-0.2, 0) is 12.8 Å². The second kappa shape index (κ2) is 12.4. The molecule has 4 aromatic carbocycles. The van der Waals surface area contributed by atoms with E-state index in [4.69, 9.17) is 0 Å². The van der Waals surface area contributed by atoms with Gasteiger partial charge in [0.2, 0.25) is 0 Å². The maximum absolute atomic E-state index is 13.2. The zero-order chi connectivity index (χ0) is 26.2. The molecular weight excluding hydrogens is 448 g/mol. The predicted octanol–water partition coefficient (Wildman–Crippen LogP) is 9.24. The van der Waals surface area contributed by atoms with E-state index < -0.39 is 0 Å². The lowest BCUT2D eigenvalue weighted by Gasteiger charge is -2.11. The van der Waals surface area contributed by atoms with Crippen molar-refractivity contribution >= 4 is 22.1 Å². The molecule has 37 heavy (non-hydrogen) atoms. The summed E-state index contributed by atoms with van der Waals surface area (Å²) in [4.78, 5) is 13.2. The van der Waals surface area contributed by atoms with Crippen LogP contribution < -0.4 is 0 Å². The van der Waals surface area contributed by atoms with Gasteiger partial charge >= 0.3 is 0 Å². The van der Waals surface area contributed by atoms with Crippen molar-refractivity contribution in [3.63, 3.8) is 0 Å². The quantitative estimate of drug-likeness (QED) is 0.153. The third-order valence-corrected chi connectivity index (χ3v) is 6.84. The molecule has 0 heterocycles. The molecule has 4 rings (SSSR count). The zero-order valence-electron chi connectivity index (χ0n) is 22.3. The summed E-state index contributed by atoms with van der Waals surface area (Å²) in [5.41, 5.74) is 7.49. The fraction of sp³-hybridized carbons (Fsp3) is 0.250. The Morgan fingerprint density at radius 3 is 2.35 bits per heavy atom. The molecule has 0 atom stereocenters. The smallest absolute Gasteiger partial charge is 0.188 e. The highest BCUT2D eigenvalue weighted by Crippen LogP contribution is 2.26. The molecule has 1 heteroatoms. The summed E-state index contributed by atoms with van der Waals surface area (Å²) in [5.74, 6) is 0.579. The Morgan fingerprint density at radius 1 is 0.892 bits per heavy atom. The highest BCUT2D eigenvalue weighted by molar-refractivity contribution is 6.10. The summed E-state index contributed by atoms with van der Waals surface area (Å²) in [7, 11) is 0. The van der Waals surface area contributed by atoms with Gasteiger partial charge in [-0.2, -0.15) is 0 Å². The van der Waals surface area contributed by atoms with Crippen molar-refractivity contribution in [3.8, 4) is 0 Å². The molecule has 0 spiro atoms. The Labute approximate surface area is 222 Å². The van der Waals surface area contributed by atoms with Crippen LogP contribution in [0.3, 0.4) is 0 Å². The predicted molar refractivity (Wildman–Crippen MR) is 157 cm³/mol. The highest BCUT2D eigenvalue weighted by Gasteiger charge is 2.13. The molecule has 0 aliphatic carbocycles. The van der Waals surface area contributed by atoms with E-state index >= 15 is 0 Å². The largest absolute Gasteiger partial charge is 0.289 e. The summed E-state index contributed by atoms with van der Waals surface area (Å²) in [5, 5.41) is 2.21. The van der Waals surface area contributed by atoms with Crippen LogP contribution in [0, 0.1) is 18.1 Å². The van der Waals surface area contributed by atoms with E-state index in [0.717, 1.165) is 42.0 Å². The van der Waals surface area contributed by atoms with Gasteiger partial charge in [0, 0.05) is 11.1 Å². The first-order chi connectivity index (χ1) is 17.9. The van der Waals surface area contributed by atoms with Gasteiger partial charge in [0.05, 0.1) is 0 Å². The van der Waals surface area contributed by atoms with Crippen molar-refractivity contribution < 1.29 is 4.79 Å². The third-order valence-electron chi connectivity index (χ3n) is 6.84. The Hall–Kier alpha value is -3.89. The first kappa shape index (κ1) is 26.2. The second-order valence-electron chi connectivity index (χ2n) is 10.2. The van der Waals surface area contributed by atoms with Gasteiger partial charge in [-0.1, -0.05) is 106 Å². The number of rotatable bonds is 11. The van der Waals surface area contributed by atoms with Crippen LogP contribution in [0.15, 0.2) is 97.1 Å². The number of aryl methyl sites for hydroxylation is 1. The van der Waals surface area contributed by atoms with E-state index in [-0.39, 0.29) is 5.78 Å². The van der Waals surface area contributed by atoms with E-state index in [2.05, 4.69) is 82.0 Å². The van der Waals surface area contributed by atoms with Gasteiger partial charge in [-0.15, -0.1) is 0 Å². The fourth-order valence-electron chi connectivity index (χ4n) is 4.53. The van der Waals surface area contributed by atoms with Gasteiger partial charge in [-0.3, -0.25) is 4.79 Å². The van der Waals surface area contributed by atoms with E-state index in [0.29, 0.717) is 23.5 Å². The second-order valence-corrected chi connectivity index (χ2v) is 10.2. The monoisotopic (exact) mass is 484 g/mol. The molecule has 0 aromatic heterocycles. The Balaban J connectivity index is 1.48. The van der Waals surface area contributed by atoms with Crippen LogP contribution in [0.1, 0.15) is 72.6 Å². The highest BCUT2D eigenvalue weighted by atomic mass is 16.1. The molecule has 0 unspecified atom stereocenters. The van der Waals surface area contributed by atoms with Gasteiger partial charge in [-0.25, -0.2) is 0 Å². The van der Waals surface area contributed by atoms with E-state index in [1.807, 2.05) is 42.5 Å². The van der Waals surface area contributed by atoms with Gasteiger partial charge < -0.3 is 0 Å². The molecule has 0 aliphatic rings. The lowest BCUT2D eigenvalue weighted by Crippen LogP contribution is -2.03. The average molecular weight is 485 g/mol. The van der Waals surface area contributed by atoms with Gasteiger partial charge in [-0.05, 0) is 94.8 Å². The summed E-state index contributed by atoms with van der Waals surface area (Å²) in [6.45, 7) is 10.8. The maximum Gasteiger partial charge on any atom is 0.188 e. The van der Waals surface area contributed by atoms with Crippen molar-refractivity contribution in [2.24, 2.45) is 5.92 Å². The summed E-state index contributed by atoms with van der Waals surface area (Å²) < 4.78 is 0. The fourth-order valence-corrected chi connectivity index (χ4v) is 4.53. The summed E-state index contributed by atoms with van der Waals surface area (Å²) >= 11 is 0. The Morgan fingerprint density at radius 2 is 1.62 bits per heavy atom. The topological polar surface area (TPSA) is 17.1 Å². The average Bonchev–Trinajstić information content (AvgIpc) is 2.92. The third kappa shape index (κ3) is 7.08. The molecule has 0 aliphatic heterocycles. The standard InChI is InChI=1S/C36H36O/c1-5-28-15-17-29(18-16-28)23-30-9-8-12-33(24-30)32(19-13-26(2)3)20-14-27(4)36(37)35-22-21-31-10-6-7-11-34(31)25-35/h6-7,9-11,15-19,21-22,24-26H,4-5,13-14,20,23H2,1-3H3. The SMILES string of the molecule is C=C(CCC(=CCC(C)C)c1c#ccc(Cc2ccc(CC)cc2)c1)C(=O)c1ccc2ccccc2c1. The number of benzene rings is 3. The van der Waals surface area contributed by atoms with Crippen molar-refractivity contribution in [1.82, 2.24) is 0 Å². The number of carbonyl (C=O) groups is 1. The molecule has 0 N–H and O–H groups in total. The molecule has 0 saturated heterocycles. The number of hydrogen-bond donors (Lipinski definition) is 0. The van der Waals surface area contributed by atoms with E-state index in [1.165, 1.54) is 22.3 Å². The normalized spacial score (nSPS) is 11.5. The Bertz CT molecular complexity index is 1400. The molecule has 4 aromatic rings. The lowest BCUT2D eigenvalue weighted by molar-refractivity contribution is 0.103. The zero-order valence-corrected chi connectivity index (χ0v) is 22.3. The number of allylic oxidation sites excluding steroid dienone is 3. The van der Waals surface area contributed by atoms with Crippen molar-refractivity contribution in [2.75, 3.05) is 0 Å². The molecule has 0 radical (unpaired) electrons. The van der Waals surface area contributed by atoms with E-state index in [1.54, 1.807) is 0 Å². The van der Waals surface area contributed by atoms with Crippen LogP contribution in [0.25, 0.3) is 16.3 Å². The van der Waals surface area contributed by atoms with Crippen LogP contribution in [-0.4, -0.2) is 5.78 Å². The maximum atomic E-state index is 13.2. The van der Waals surface area contributed by atoms with Gasteiger partial charge in [0.1, 0.15) is 0 Å². The first-order valence-corrected chi connectivity index (χ1v) is 13.3. The first-order valence-electron chi connectivity index (χ1n) is 13.3. The minimum Gasteiger partial charge on any atom is -0.289 e. The van der Waals surface area contributed by atoms with Crippen molar-refractivity contribution in [1.29, 1.82) is 0 Å². The van der Waals surface area contributed by atoms with Gasteiger partial charge in [0.25, 0.3) is 0 Å². The molecule has 0 fully saturated rings. The van der Waals surface area contributed by atoms with Gasteiger partial charge in [0.15, 0.2) is 5.78 Å². The minimum atomic E-state index is 0.0220. The minimum absolute atomic E-state index is 0.0220. The van der Waals surface area contributed by atoms with Crippen molar-refractivity contribution in [3.05, 3.63) is 137 Å². The van der Waals surface area contributed by atoms with Crippen LogP contribution in [0.4, 0.5) is 0 Å². The molecule has 0 saturated carbocycles. The number of Topliss-reactive ketones (excluding diaryl/α,β-unsaturated/α-hetero) is 1. The lowest BCUT2D eigenvalue weighted by atomic mass is 9.92. The number of ketones is 1. The molecular formula is C36H36O. The molecule has 0 amide bonds. The number of carbonyl (C=O) groups excluding carboxylic acids is 1. The van der Waals surface area contributed by atoms with Crippen LogP contribution >= 0.6 is 0 Å².